The minimum absolute atomic E-state index is 0.0184. The second-order valence-corrected chi connectivity index (χ2v) is 11.1. The molecule has 2 aliphatic heterocycles. The number of rotatable bonds is 3. The molecule has 3 atom stereocenters. The van der Waals surface area contributed by atoms with Crippen LogP contribution in [0.25, 0.3) is 0 Å². The number of aromatic nitrogens is 1. The van der Waals surface area contributed by atoms with Gasteiger partial charge in [0.25, 0.3) is 11.5 Å². The quantitative estimate of drug-likeness (QED) is 0.355. The molecule has 6 nitrogen and oxygen atoms in total. The summed E-state index contributed by atoms with van der Waals surface area (Å²) in [4.78, 5) is 26.9. The molecule has 0 unspecified atom stereocenters. The third-order valence-corrected chi connectivity index (χ3v) is 7.12. The van der Waals surface area contributed by atoms with Crippen molar-refractivity contribution in [2.45, 2.75) is 28.8 Å². The molecule has 170 valence electrons. The Labute approximate surface area is 210 Å². The SMILES string of the molecule is O=C(N[C@H](NC(=S)N1C[C@H]2C[C@H](C1)c1cccc(=O)n1C2)C(Cl)(Cl)Cl)c1ccccc1Cl. The number of hydrogen-bond acceptors (Lipinski definition) is 3. The van der Waals surface area contributed by atoms with Crippen molar-refractivity contribution in [2.75, 3.05) is 13.1 Å². The zero-order chi connectivity index (χ0) is 23.0. The van der Waals surface area contributed by atoms with Crippen LogP contribution in [0.4, 0.5) is 0 Å². The summed E-state index contributed by atoms with van der Waals surface area (Å²) in [5, 5.41) is 6.31. The lowest BCUT2D eigenvalue weighted by Gasteiger charge is -2.44. The van der Waals surface area contributed by atoms with Crippen molar-refractivity contribution in [3.63, 3.8) is 0 Å². The number of fused-ring (bicyclic) bond motifs is 4. The molecule has 0 spiro atoms. The predicted octanol–water partition coefficient (Wildman–Crippen LogP) is 3.92. The first-order valence-electron chi connectivity index (χ1n) is 10.0. The van der Waals surface area contributed by atoms with Gasteiger partial charge in [-0.05, 0) is 42.8 Å². The number of halogens is 4. The molecule has 1 aromatic heterocycles. The first kappa shape index (κ1) is 23.6. The maximum absolute atomic E-state index is 12.7. The molecule has 3 heterocycles. The maximum atomic E-state index is 12.7. The summed E-state index contributed by atoms with van der Waals surface area (Å²) in [6, 6.07) is 12.0. The minimum Gasteiger partial charge on any atom is -0.348 e. The molecule has 2 aliphatic rings. The van der Waals surface area contributed by atoms with E-state index >= 15 is 0 Å². The average molecular weight is 534 g/mol. The number of benzene rings is 1. The Hall–Kier alpha value is -1.51. The van der Waals surface area contributed by atoms with Gasteiger partial charge in [0.05, 0.1) is 10.6 Å². The van der Waals surface area contributed by atoms with Crippen LogP contribution in [0.15, 0.2) is 47.3 Å². The van der Waals surface area contributed by atoms with Gasteiger partial charge in [-0.2, -0.15) is 0 Å². The van der Waals surface area contributed by atoms with Crippen molar-refractivity contribution >= 4 is 69.6 Å². The monoisotopic (exact) mass is 532 g/mol. The molecule has 1 amide bonds. The van der Waals surface area contributed by atoms with Gasteiger partial charge < -0.3 is 20.1 Å². The van der Waals surface area contributed by atoms with E-state index in [9.17, 15) is 9.59 Å². The minimum atomic E-state index is -1.87. The number of nitrogens with zero attached hydrogens (tertiary/aromatic N) is 2. The molecular weight excluding hydrogens is 514 g/mol. The number of thiocarbonyl (C=S) groups is 1. The third kappa shape index (κ3) is 5.02. The van der Waals surface area contributed by atoms with E-state index in [1.807, 2.05) is 15.5 Å². The van der Waals surface area contributed by atoms with Gasteiger partial charge in [0, 0.05) is 37.3 Å². The fraction of sp³-hybridized carbons (Fsp3) is 0.381. The van der Waals surface area contributed by atoms with E-state index in [2.05, 4.69) is 10.6 Å². The van der Waals surface area contributed by atoms with Crippen LogP contribution in [0.5, 0.6) is 0 Å². The van der Waals surface area contributed by atoms with Gasteiger partial charge in [-0.25, -0.2) is 0 Å². The molecule has 32 heavy (non-hydrogen) atoms. The fourth-order valence-electron chi connectivity index (χ4n) is 4.33. The van der Waals surface area contributed by atoms with Crippen LogP contribution in [0, 0.1) is 5.92 Å². The molecule has 1 fully saturated rings. The summed E-state index contributed by atoms with van der Waals surface area (Å²) in [7, 11) is 0. The van der Waals surface area contributed by atoms with Gasteiger partial charge in [-0.1, -0.05) is 64.6 Å². The van der Waals surface area contributed by atoms with Crippen molar-refractivity contribution in [1.29, 1.82) is 0 Å². The number of nitrogens with one attached hydrogen (secondary N) is 2. The van der Waals surface area contributed by atoms with Gasteiger partial charge in [0.15, 0.2) is 5.11 Å². The Morgan fingerprint density at radius 1 is 1.06 bits per heavy atom. The van der Waals surface area contributed by atoms with Crippen LogP contribution in [0.1, 0.15) is 28.4 Å². The van der Waals surface area contributed by atoms with E-state index in [0.717, 1.165) is 12.1 Å². The van der Waals surface area contributed by atoms with E-state index in [1.165, 1.54) is 0 Å². The van der Waals surface area contributed by atoms with Gasteiger partial charge in [-0.15, -0.1) is 0 Å². The Balaban J connectivity index is 1.48. The summed E-state index contributed by atoms with van der Waals surface area (Å²) >= 11 is 30.1. The standard InChI is InChI=1S/C21H20Cl4N4O2S/c22-15-5-2-1-4-14(15)18(31)26-19(21(23,24)25)27-20(32)28-9-12-8-13(11-28)16-6-3-7-17(30)29(16)10-12/h1-7,12-13,19H,8-11H2,(H,26,31)(H,27,32)/t12-,13-,19-/m1/s1. The van der Waals surface area contributed by atoms with E-state index in [4.69, 9.17) is 58.6 Å². The molecule has 0 saturated carbocycles. The second-order valence-electron chi connectivity index (χ2n) is 7.98. The molecule has 2 bridgehead atoms. The summed E-state index contributed by atoms with van der Waals surface area (Å²) in [5.41, 5.74) is 1.28. The first-order valence-corrected chi connectivity index (χ1v) is 11.9. The number of carbonyl (C=O) groups is 1. The molecular formula is C21H20Cl4N4O2S. The van der Waals surface area contributed by atoms with Crippen molar-refractivity contribution in [3.05, 3.63) is 69.1 Å². The fourth-order valence-corrected chi connectivity index (χ4v) is 5.15. The van der Waals surface area contributed by atoms with Crippen molar-refractivity contribution in [2.24, 2.45) is 5.92 Å². The number of amides is 1. The molecule has 0 radical (unpaired) electrons. The molecule has 11 heteroatoms. The largest absolute Gasteiger partial charge is 0.348 e. The molecule has 4 rings (SSSR count). The number of likely N-dealkylation sites (tertiary alicyclic amines) is 1. The average Bonchev–Trinajstić information content (AvgIpc) is 2.73. The Kier molecular flexibility index (Phi) is 6.94. The van der Waals surface area contributed by atoms with E-state index in [-0.39, 0.29) is 28.0 Å². The third-order valence-electron chi connectivity index (χ3n) is 5.76. The van der Waals surface area contributed by atoms with Crippen molar-refractivity contribution < 1.29 is 4.79 Å². The zero-order valence-corrected chi connectivity index (χ0v) is 20.6. The second kappa shape index (κ2) is 9.39. The van der Waals surface area contributed by atoms with Crippen LogP contribution >= 0.6 is 58.6 Å². The van der Waals surface area contributed by atoms with E-state index in [0.29, 0.717) is 24.7 Å². The van der Waals surface area contributed by atoms with Crippen LogP contribution in [-0.4, -0.2) is 43.5 Å². The molecule has 1 saturated heterocycles. The smallest absolute Gasteiger partial charge is 0.254 e. The first-order chi connectivity index (χ1) is 15.1. The van der Waals surface area contributed by atoms with Gasteiger partial charge >= 0.3 is 0 Å². The summed E-state index contributed by atoms with van der Waals surface area (Å²) in [6.45, 7) is 1.92. The predicted molar refractivity (Wildman–Crippen MR) is 132 cm³/mol. The van der Waals surface area contributed by atoms with Gasteiger partial charge in [0.1, 0.15) is 6.17 Å². The van der Waals surface area contributed by atoms with Crippen LogP contribution < -0.4 is 16.2 Å². The number of alkyl halides is 3. The Morgan fingerprint density at radius 2 is 1.81 bits per heavy atom. The molecule has 2 N–H and O–H groups in total. The highest BCUT2D eigenvalue weighted by atomic mass is 35.6. The van der Waals surface area contributed by atoms with Crippen molar-refractivity contribution in [3.8, 4) is 0 Å². The topological polar surface area (TPSA) is 66.4 Å². The Bertz CT molecular complexity index is 1100. The number of carbonyl (C=O) groups excluding carboxylic acids is 1. The van der Waals surface area contributed by atoms with E-state index in [1.54, 1.807) is 36.4 Å². The number of piperidine rings is 1. The number of pyridine rings is 1. The van der Waals surface area contributed by atoms with Crippen molar-refractivity contribution in [1.82, 2.24) is 20.1 Å². The highest BCUT2D eigenvalue weighted by Crippen LogP contribution is 2.35. The van der Waals surface area contributed by atoms with Crippen LogP contribution in [0.3, 0.4) is 0 Å². The van der Waals surface area contributed by atoms with Crippen LogP contribution in [0.2, 0.25) is 5.02 Å². The van der Waals surface area contributed by atoms with Gasteiger partial charge in [0.2, 0.25) is 3.79 Å². The highest BCUT2D eigenvalue weighted by Gasteiger charge is 2.39. The lowest BCUT2D eigenvalue weighted by atomic mass is 9.83. The lowest BCUT2D eigenvalue weighted by molar-refractivity contribution is 0.0933. The highest BCUT2D eigenvalue weighted by molar-refractivity contribution is 7.80. The summed E-state index contributed by atoms with van der Waals surface area (Å²) < 4.78 is -0.0207. The maximum Gasteiger partial charge on any atom is 0.254 e. The molecule has 1 aromatic carbocycles. The molecule has 0 aliphatic carbocycles. The summed E-state index contributed by atoms with van der Waals surface area (Å²) in [6.07, 6.45) is -0.0971. The number of hydrogen-bond donors (Lipinski definition) is 2. The lowest BCUT2D eigenvalue weighted by Crippen LogP contribution is -2.60. The van der Waals surface area contributed by atoms with E-state index < -0.39 is 15.9 Å². The van der Waals surface area contributed by atoms with Gasteiger partial charge in [-0.3, -0.25) is 9.59 Å². The summed E-state index contributed by atoms with van der Waals surface area (Å²) in [5.74, 6) is -0.0591. The zero-order valence-electron chi connectivity index (χ0n) is 16.7. The van der Waals surface area contributed by atoms with Crippen LogP contribution in [-0.2, 0) is 6.54 Å². The molecule has 2 aromatic rings. The normalized spacial score (nSPS) is 20.8. The Morgan fingerprint density at radius 3 is 2.53 bits per heavy atom.